The van der Waals surface area contributed by atoms with E-state index in [1.807, 2.05) is 0 Å². The third-order valence-electron chi connectivity index (χ3n) is 5.10. The number of carbonyl (C=O) groups excluding carboxylic acids is 2. The van der Waals surface area contributed by atoms with Gasteiger partial charge in [0.2, 0.25) is 0 Å². The number of hydrogen-bond acceptors (Lipinski definition) is 10. The van der Waals surface area contributed by atoms with Crippen molar-refractivity contribution in [1.29, 1.82) is 0 Å². The lowest BCUT2D eigenvalue weighted by Gasteiger charge is -2.19. The second-order valence-electron chi connectivity index (χ2n) is 7.36. The van der Waals surface area contributed by atoms with E-state index in [0.29, 0.717) is 29.6 Å². The predicted molar refractivity (Wildman–Crippen MR) is 146 cm³/mol. The van der Waals surface area contributed by atoms with Crippen molar-refractivity contribution in [2.24, 2.45) is 0 Å². The van der Waals surface area contributed by atoms with Gasteiger partial charge in [-0.05, 0) is 47.5 Å². The van der Waals surface area contributed by atoms with Gasteiger partial charge in [-0.1, -0.05) is 48.0 Å². The molecule has 2 saturated heterocycles. The number of nitro groups is 2. The van der Waals surface area contributed by atoms with Gasteiger partial charge in [-0.3, -0.25) is 39.6 Å². The standard InChI is InChI=1S/C22H14N4O6S4/c27-19-17(11-13-1-5-15(6-2-13)25(29)30)35-21(33)23(19)9-10-24-20(28)18(36-22(24)34)12-14-3-7-16(8-4-14)26(31)32/h1-8,11-12H,9-10H2. The van der Waals surface area contributed by atoms with Crippen LogP contribution in [0.25, 0.3) is 12.2 Å². The van der Waals surface area contributed by atoms with Crippen molar-refractivity contribution in [3.8, 4) is 0 Å². The first kappa shape index (κ1) is 25.6. The fraction of sp³-hybridized carbons (Fsp3) is 0.0909. The van der Waals surface area contributed by atoms with Crippen LogP contribution in [0, 0.1) is 20.2 Å². The predicted octanol–water partition coefficient (Wildman–Crippen LogP) is 4.61. The fourth-order valence-electron chi connectivity index (χ4n) is 3.27. The molecule has 2 heterocycles. The van der Waals surface area contributed by atoms with Crippen molar-refractivity contribution in [1.82, 2.24) is 9.80 Å². The van der Waals surface area contributed by atoms with Crippen LogP contribution in [0.4, 0.5) is 11.4 Å². The third-order valence-corrected chi connectivity index (χ3v) is 7.85. The van der Waals surface area contributed by atoms with Gasteiger partial charge in [-0.2, -0.15) is 0 Å². The Balaban J connectivity index is 1.41. The number of nitrogens with zero attached hydrogens (tertiary/aromatic N) is 4. The first-order valence-electron chi connectivity index (χ1n) is 10.1. The topological polar surface area (TPSA) is 127 Å². The smallest absolute Gasteiger partial charge is 0.269 e. The molecule has 14 heteroatoms. The second-order valence-corrected chi connectivity index (χ2v) is 10.7. The summed E-state index contributed by atoms with van der Waals surface area (Å²) < 4.78 is 0.667. The van der Waals surface area contributed by atoms with Crippen LogP contribution in [0.3, 0.4) is 0 Å². The summed E-state index contributed by atoms with van der Waals surface area (Å²) in [6.07, 6.45) is 3.21. The SMILES string of the molecule is O=C1C(=Cc2ccc([N+](=O)[O-])cc2)SC(=S)N1CCN1C(=O)C(=Cc2ccc([N+](=O)[O-])cc2)SC1=S. The molecule has 0 unspecified atom stereocenters. The molecule has 182 valence electrons. The van der Waals surface area contributed by atoms with Crippen LogP contribution >= 0.6 is 48.0 Å². The average Bonchev–Trinajstić information content (AvgIpc) is 3.26. The van der Waals surface area contributed by atoms with E-state index in [2.05, 4.69) is 0 Å². The van der Waals surface area contributed by atoms with Gasteiger partial charge >= 0.3 is 0 Å². The van der Waals surface area contributed by atoms with Crippen molar-refractivity contribution in [3.63, 3.8) is 0 Å². The molecule has 0 atom stereocenters. The van der Waals surface area contributed by atoms with Crippen LogP contribution < -0.4 is 0 Å². The zero-order chi connectivity index (χ0) is 26.0. The van der Waals surface area contributed by atoms with E-state index in [4.69, 9.17) is 24.4 Å². The van der Waals surface area contributed by atoms with E-state index in [1.165, 1.54) is 34.1 Å². The fourth-order valence-corrected chi connectivity index (χ4v) is 5.89. The molecule has 10 nitrogen and oxygen atoms in total. The average molecular weight is 559 g/mol. The van der Waals surface area contributed by atoms with Gasteiger partial charge in [-0.25, -0.2) is 0 Å². The largest absolute Gasteiger partial charge is 0.291 e. The second kappa shape index (κ2) is 10.7. The number of non-ortho nitro benzene ring substituents is 2. The van der Waals surface area contributed by atoms with Gasteiger partial charge in [0, 0.05) is 37.4 Å². The zero-order valence-electron chi connectivity index (χ0n) is 18.1. The molecule has 2 aromatic carbocycles. The summed E-state index contributed by atoms with van der Waals surface area (Å²) in [5.41, 5.74) is 1.14. The Labute approximate surface area is 223 Å². The molecule has 2 aromatic rings. The molecule has 0 N–H and O–H groups in total. The molecule has 2 aliphatic rings. The summed E-state index contributed by atoms with van der Waals surface area (Å²) in [5.74, 6) is -0.648. The minimum absolute atomic E-state index is 0.0502. The van der Waals surface area contributed by atoms with Crippen molar-refractivity contribution in [2.45, 2.75) is 0 Å². The van der Waals surface area contributed by atoms with Gasteiger partial charge < -0.3 is 0 Å². The number of thiocarbonyl (C=S) groups is 2. The van der Waals surface area contributed by atoms with Gasteiger partial charge in [0.15, 0.2) is 0 Å². The summed E-state index contributed by atoms with van der Waals surface area (Å²) in [6.45, 7) is 0.277. The van der Waals surface area contributed by atoms with E-state index >= 15 is 0 Å². The summed E-state index contributed by atoms with van der Waals surface area (Å²) in [7, 11) is 0. The maximum Gasteiger partial charge on any atom is 0.269 e. The number of rotatable bonds is 7. The minimum Gasteiger partial charge on any atom is -0.291 e. The van der Waals surface area contributed by atoms with Crippen molar-refractivity contribution in [3.05, 3.63) is 89.7 Å². The van der Waals surface area contributed by atoms with E-state index in [-0.39, 0.29) is 36.3 Å². The first-order chi connectivity index (χ1) is 17.1. The molecular weight excluding hydrogens is 545 g/mol. The number of amides is 2. The molecule has 0 aliphatic carbocycles. The molecule has 2 fully saturated rings. The van der Waals surface area contributed by atoms with E-state index in [9.17, 15) is 29.8 Å². The van der Waals surface area contributed by atoms with Crippen LogP contribution in [0.2, 0.25) is 0 Å². The Morgan fingerprint density at radius 2 is 1.03 bits per heavy atom. The van der Waals surface area contributed by atoms with Crippen LogP contribution in [0.1, 0.15) is 11.1 Å². The van der Waals surface area contributed by atoms with E-state index in [0.717, 1.165) is 23.5 Å². The number of hydrogen-bond donors (Lipinski definition) is 0. The van der Waals surface area contributed by atoms with Crippen molar-refractivity contribution in [2.75, 3.05) is 13.1 Å². The monoisotopic (exact) mass is 558 g/mol. The molecule has 4 rings (SSSR count). The quantitative estimate of drug-likeness (QED) is 0.206. The Morgan fingerprint density at radius 1 is 0.694 bits per heavy atom. The van der Waals surface area contributed by atoms with Crippen LogP contribution in [0.15, 0.2) is 58.3 Å². The highest BCUT2D eigenvalue weighted by atomic mass is 32.2. The van der Waals surface area contributed by atoms with Gasteiger partial charge in [0.25, 0.3) is 23.2 Å². The Kier molecular flexibility index (Phi) is 7.59. The van der Waals surface area contributed by atoms with Gasteiger partial charge in [-0.15, -0.1) is 0 Å². The molecule has 0 bridgehead atoms. The maximum absolute atomic E-state index is 12.9. The zero-order valence-corrected chi connectivity index (χ0v) is 21.3. The van der Waals surface area contributed by atoms with Gasteiger partial charge in [0.05, 0.1) is 19.7 Å². The summed E-state index contributed by atoms with van der Waals surface area (Å²) in [5, 5.41) is 21.6. The van der Waals surface area contributed by atoms with Gasteiger partial charge in [0.1, 0.15) is 8.64 Å². The van der Waals surface area contributed by atoms with Crippen molar-refractivity contribution < 1.29 is 19.4 Å². The number of benzene rings is 2. The number of thioether (sulfide) groups is 2. The van der Waals surface area contributed by atoms with E-state index in [1.54, 1.807) is 36.4 Å². The molecule has 0 aromatic heterocycles. The lowest BCUT2D eigenvalue weighted by molar-refractivity contribution is -0.385. The van der Waals surface area contributed by atoms with Crippen LogP contribution in [-0.4, -0.2) is 53.2 Å². The molecule has 0 spiro atoms. The summed E-state index contributed by atoms with van der Waals surface area (Å²) >= 11 is 12.9. The lowest BCUT2D eigenvalue weighted by atomic mass is 10.2. The molecule has 2 amide bonds. The summed E-state index contributed by atoms with van der Waals surface area (Å²) in [4.78, 5) is 49.9. The third kappa shape index (κ3) is 5.51. The summed E-state index contributed by atoms with van der Waals surface area (Å²) in [6, 6.07) is 11.6. The molecule has 36 heavy (non-hydrogen) atoms. The van der Waals surface area contributed by atoms with E-state index < -0.39 is 9.85 Å². The highest BCUT2D eigenvalue weighted by molar-refractivity contribution is 8.27. The Morgan fingerprint density at radius 3 is 1.33 bits per heavy atom. The Bertz CT molecular complexity index is 1270. The highest BCUT2D eigenvalue weighted by Crippen LogP contribution is 2.35. The van der Waals surface area contributed by atoms with Crippen molar-refractivity contribution >= 4 is 91.9 Å². The number of nitro benzene ring substituents is 2. The van der Waals surface area contributed by atoms with Crippen LogP contribution in [0.5, 0.6) is 0 Å². The first-order valence-corrected chi connectivity index (χ1v) is 12.6. The Hall–Kier alpha value is -3.46. The highest BCUT2D eigenvalue weighted by Gasteiger charge is 2.36. The lowest BCUT2D eigenvalue weighted by Crippen LogP contribution is -2.39. The molecule has 0 radical (unpaired) electrons. The molecule has 2 aliphatic heterocycles. The molecule has 0 saturated carbocycles. The molecular formula is C22H14N4O6S4. The normalized spacial score (nSPS) is 18.1. The van der Waals surface area contributed by atoms with Crippen LogP contribution in [-0.2, 0) is 9.59 Å². The minimum atomic E-state index is -0.502. The maximum atomic E-state index is 12.9. The number of carbonyl (C=O) groups is 2.